The van der Waals surface area contributed by atoms with Crippen LogP contribution >= 0.6 is 27.5 Å². The topological polar surface area (TPSA) is 36.4 Å². The van der Waals surface area contributed by atoms with E-state index in [4.69, 9.17) is 16.6 Å². The van der Waals surface area contributed by atoms with Crippen LogP contribution < -0.4 is 0 Å². The van der Waals surface area contributed by atoms with Gasteiger partial charge in [-0.1, -0.05) is 17.7 Å². The van der Waals surface area contributed by atoms with Crippen molar-refractivity contribution >= 4 is 33.4 Å². The highest BCUT2D eigenvalue weighted by molar-refractivity contribution is 9.10. The molecule has 0 N–H and O–H groups in total. The van der Waals surface area contributed by atoms with Crippen molar-refractivity contribution in [1.82, 2.24) is 14.8 Å². The Kier molecular flexibility index (Phi) is 6.76. The average Bonchev–Trinajstić information content (AvgIpc) is 2.89. The molecule has 0 radical (unpaired) electrons. The first kappa shape index (κ1) is 22.8. The van der Waals surface area contributed by atoms with Crippen LogP contribution in [0.25, 0.3) is 0 Å². The Hall–Kier alpha value is -1.43. The van der Waals surface area contributed by atoms with Crippen molar-refractivity contribution in [3.05, 3.63) is 62.3 Å². The molecule has 2 unspecified atom stereocenters. The Labute approximate surface area is 199 Å². The van der Waals surface area contributed by atoms with Gasteiger partial charge in [-0.15, -0.1) is 0 Å². The quantitative estimate of drug-likeness (QED) is 0.569. The average molecular weight is 505 g/mol. The van der Waals surface area contributed by atoms with E-state index in [-0.39, 0.29) is 23.9 Å². The van der Waals surface area contributed by atoms with Crippen LogP contribution in [0.5, 0.6) is 0 Å². The number of hydrogen-bond acceptors (Lipinski definition) is 3. The van der Waals surface area contributed by atoms with Crippen LogP contribution in [0.1, 0.15) is 55.0 Å². The molecular weight excluding hydrogens is 474 g/mol. The van der Waals surface area contributed by atoms with Crippen molar-refractivity contribution in [3.63, 3.8) is 0 Å². The molecule has 1 amide bonds. The number of amides is 1. The summed E-state index contributed by atoms with van der Waals surface area (Å²) in [7, 11) is 4.00. The number of fused-ring (bicyclic) bond motifs is 2. The second kappa shape index (κ2) is 9.21. The Morgan fingerprint density at radius 3 is 2.74 bits per heavy atom. The van der Waals surface area contributed by atoms with Crippen LogP contribution in [0.15, 0.2) is 34.9 Å². The van der Waals surface area contributed by atoms with Gasteiger partial charge in [0.1, 0.15) is 0 Å². The first-order valence-corrected chi connectivity index (χ1v) is 12.3. The van der Waals surface area contributed by atoms with E-state index in [0.29, 0.717) is 5.92 Å². The van der Waals surface area contributed by atoms with Gasteiger partial charge in [0.25, 0.3) is 0 Å². The summed E-state index contributed by atoms with van der Waals surface area (Å²) in [5.74, 6) is 0.763. The fourth-order valence-corrected chi connectivity index (χ4v) is 5.73. The van der Waals surface area contributed by atoms with Crippen LogP contribution in [-0.4, -0.2) is 53.4 Å². The zero-order valence-electron chi connectivity index (χ0n) is 18.7. The maximum Gasteiger partial charge on any atom is 0.239 e. The van der Waals surface area contributed by atoms with Gasteiger partial charge in [-0.3, -0.25) is 14.7 Å². The molecule has 31 heavy (non-hydrogen) atoms. The molecule has 2 heterocycles. The number of likely N-dealkylation sites (N-methyl/N-ethyl adjacent to an activating group) is 2. The fourth-order valence-electron chi connectivity index (χ4n) is 5.15. The van der Waals surface area contributed by atoms with Gasteiger partial charge in [0, 0.05) is 34.7 Å². The van der Waals surface area contributed by atoms with E-state index in [2.05, 4.69) is 59.9 Å². The van der Waals surface area contributed by atoms with Crippen LogP contribution in [0.3, 0.4) is 0 Å². The number of benzene rings is 1. The molecule has 4 nitrogen and oxygen atoms in total. The van der Waals surface area contributed by atoms with Gasteiger partial charge in [0.15, 0.2) is 0 Å². The van der Waals surface area contributed by atoms with Gasteiger partial charge in [-0.05, 0) is 110 Å². The largest absolute Gasteiger partial charge is 0.342 e. The minimum Gasteiger partial charge on any atom is -0.342 e. The molecule has 1 saturated heterocycles. The van der Waals surface area contributed by atoms with Crippen molar-refractivity contribution in [3.8, 4) is 0 Å². The molecule has 1 fully saturated rings. The lowest BCUT2D eigenvalue weighted by Crippen LogP contribution is -2.52. The lowest BCUT2D eigenvalue weighted by atomic mass is 9.74. The standard InChI is InChI=1S/C25H31BrClN3O/c1-15(2)30(4)25(31)22-13-17(9-10-29(22)3)23-21-8-7-20(27)12-16(21)5-6-18-11-19(26)14-28-24(18)23/h7-8,11-12,14-15,17,22-23H,5-6,9-10,13H2,1-4H3/t17?,22-,23?/m1/s1. The number of likely N-dealkylation sites (tertiary alicyclic amines) is 1. The zero-order chi connectivity index (χ0) is 22.3. The lowest BCUT2D eigenvalue weighted by molar-refractivity contribution is -0.138. The molecule has 4 rings (SSSR count). The van der Waals surface area contributed by atoms with Crippen LogP contribution in [0, 0.1) is 5.92 Å². The first-order valence-electron chi connectivity index (χ1n) is 11.2. The molecule has 2 aromatic rings. The van der Waals surface area contributed by atoms with Gasteiger partial charge in [0.2, 0.25) is 5.91 Å². The maximum absolute atomic E-state index is 13.3. The number of nitrogens with zero attached hydrogens (tertiary/aromatic N) is 3. The number of carbonyl (C=O) groups is 1. The normalized spacial score (nSPS) is 23.8. The molecule has 1 aliphatic heterocycles. The maximum atomic E-state index is 13.3. The molecule has 0 saturated carbocycles. The second-order valence-electron chi connectivity index (χ2n) is 9.34. The Bertz CT molecular complexity index is 926. The molecule has 166 valence electrons. The summed E-state index contributed by atoms with van der Waals surface area (Å²) >= 11 is 9.97. The van der Waals surface area contributed by atoms with E-state index in [0.717, 1.165) is 41.7 Å². The summed E-state index contributed by atoms with van der Waals surface area (Å²) in [6.07, 6.45) is 5.72. The molecule has 6 heteroatoms. The van der Waals surface area contributed by atoms with E-state index in [1.807, 2.05) is 24.2 Å². The van der Waals surface area contributed by atoms with Crippen molar-refractivity contribution in [1.29, 1.82) is 0 Å². The highest BCUT2D eigenvalue weighted by atomic mass is 79.9. The highest BCUT2D eigenvalue weighted by Gasteiger charge is 2.40. The highest BCUT2D eigenvalue weighted by Crippen LogP contribution is 2.44. The number of rotatable bonds is 3. The lowest BCUT2D eigenvalue weighted by Gasteiger charge is -2.41. The van der Waals surface area contributed by atoms with Gasteiger partial charge >= 0.3 is 0 Å². The predicted molar refractivity (Wildman–Crippen MR) is 130 cm³/mol. The number of halogens is 2. The molecular formula is C25H31BrClN3O. The number of aromatic nitrogens is 1. The molecule has 0 spiro atoms. The Morgan fingerprint density at radius 1 is 1.26 bits per heavy atom. The first-order chi connectivity index (χ1) is 14.8. The smallest absolute Gasteiger partial charge is 0.239 e. The third-order valence-electron chi connectivity index (χ3n) is 7.16. The fraction of sp³-hybridized carbons (Fsp3) is 0.520. The molecule has 1 aromatic carbocycles. The summed E-state index contributed by atoms with van der Waals surface area (Å²) in [5, 5.41) is 0.785. The predicted octanol–water partition coefficient (Wildman–Crippen LogP) is 5.31. The van der Waals surface area contributed by atoms with E-state index in [9.17, 15) is 4.79 Å². The molecule has 0 bridgehead atoms. The Morgan fingerprint density at radius 2 is 2.00 bits per heavy atom. The number of pyridine rings is 1. The van der Waals surface area contributed by atoms with E-state index in [1.165, 1.54) is 22.4 Å². The molecule has 3 atom stereocenters. The van der Waals surface area contributed by atoms with Crippen molar-refractivity contribution < 1.29 is 4.79 Å². The molecule has 1 aromatic heterocycles. The summed E-state index contributed by atoms with van der Waals surface area (Å²) < 4.78 is 1.02. The van der Waals surface area contributed by atoms with Crippen molar-refractivity contribution in [2.45, 2.75) is 57.5 Å². The van der Waals surface area contributed by atoms with E-state index in [1.54, 1.807) is 0 Å². The summed E-state index contributed by atoms with van der Waals surface area (Å²) in [4.78, 5) is 22.3. The van der Waals surface area contributed by atoms with Gasteiger partial charge < -0.3 is 4.90 Å². The monoisotopic (exact) mass is 503 g/mol. The van der Waals surface area contributed by atoms with Gasteiger partial charge in [0.05, 0.1) is 11.7 Å². The third-order valence-corrected chi connectivity index (χ3v) is 7.82. The van der Waals surface area contributed by atoms with E-state index >= 15 is 0 Å². The SMILES string of the molecule is CC(C)N(C)C(=O)[C@H]1CC(C2c3ccc(Cl)cc3CCc3cc(Br)cnc32)CCN1C. The van der Waals surface area contributed by atoms with Crippen LogP contribution in [0.2, 0.25) is 5.02 Å². The van der Waals surface area contributed by atoms with Crippen LogP contribution in [0.4, 0.5) is 0 Å². The van der Waals surface area contributed by atoms with Gasteiger partial charge in [-0.2, -0.15) is 0 Å². The third kappa shape index (κ3) is 4.55. The Balaban J connectivity index is 1.75. The summed E-state index contributed by atoms with van der Waals surface area (Å²) in [5.41, 5.74) is 5.11. The minimum absolute atomic E-state index is 0.0935. The number of piperidine rings is 1. The minimum atomic E-state index is -0.0935. The van der Waals surface area contributed by atoms with E-state index < -0.39 is 0 Å². The summed E-state index contributed by atoms with van der Waals surface area (Å²) in [6.45, 7) is 5.06. The van der Waals surface area contributed by atoms with Gasteiger partial charge in [-0.25, -0.2) is 0 Å². The molecule has 2 aliphatic rings. The number of hydrogen-bond donors (Lipinski definition) is 0. The number of aryl methyl sites for hydroxylation is 2. The van der Waals surface area contributed by atoms with Crippen LogP contribution in [-0.2, 0) is 17.6 Å². The summed E-state index contributed by atoms with van der Waals surface area (Å²) in [6, 6.07) is 8.63. The zero-order valence-corrected chi connectivity index (χ0v) is 21.1. The van der Waals surface area contributed by atoms with Crippen molar-refractivity contribution in [2.75, 3.05) is 20.6 Å². The van der Waals surface area contributed by atoms with Crippen molar-refractivity contribution in [2.24, 2.45) is 5.92 Å². The second-order valence-corrected chi connectivity index (χ2v) is 10.7. The molecule has 1 aliphatic carbocycles. The number of carbonyl (C=O) groups excluding carboxylic acids is 1.